The second kappa shape index (κ2) is 5.77. The number of amidine groups is 1. The maximum Gasteiger partial charge on any atom is 0.271 e. The molecule has 0 spiro atoms. The van der Waals surface area contributed by atoms with E-state index in [0.717, 1.165) is 10.3 Å². The monoisotopic (exact) mass is 299 g/mol. The number of nitrogens with zero attached hydrogens (tertiary/aromatic N) is 2. The molecule has 1 aromatic carbocycles. The number of rotatable bonds is 3. The van der Waals surface area contributed by atoms with Crippen LogP contribution in [0.3, 0.4) is 0 Å². The van der Waals surface area contributed by atoms with Gasteiger partial charge >= 0.3 is 0 Å². The second-order valence-electron chi connectivity index (χ2n) is 3.85. The van der Waals surface area contributed by atoms with Crippen LogP contribution in [0.1, 0.15) is 20.8 Å². The van der Waals surface area contributed by atoms with Gasteiger partial charge in [0.05, 0.1) is 16.4 Å². The molecule has 1 rings (SSSR count). The fourth-order valence-electron chi connectivity index (χ4n) is 1.34. The average Bonchev–Trinajstić information content (AvgIpc) is 2.19. The van der Waals surface area contributed by atoms with E-state index in [1.165, 1.54) is 12.1 Å². The molecule has 17 heavy (non-hydrogen) atoms. The predicted molar refractivity (Wildman–Crippen MR) is 72.7 cm³/mol. The Morgan fingerprint density at radius 1 is 1.53 bits per heavy atom. The number of anilines is 1. The lowest BCUT2D eigenvalue weighted by Crippen LogP contribution is -2.10. The summed E-state index contributed by atoms with van der Waals surface area (Å²) in [6, 6.07) is 4.75. The zero-order valence-corrected chi connectivity index (χ0v) is 11.5. The molecule has 1 N–H and O–H groups in total. The Hall–Kier alpha value is -1.43. The molecular formula is C11H14BrN3O2. The van der Waals surface area contributed by atoms with E-state index in [0.29, 0.717) is 5.69 Å². The molecule has 0 radical (unpaired) electrons. The van der Waals surface area contributed by atoms with E-state index in [1.807, 2.05) is 20.8 Å². The summed E-state index contributed by atoms with van der Waals surface area (Å²) in [6.07, 6.45) is 0. The van der Waals surface area contributed by atoms with Crippen molar-refractivity contribution in [2.75, 3.05) is 5.32 Å². The standard InChI is InChI=1S/C11H14BrN3O2/c1-7(2)13-8(3)14-11-6-9(15(16)17)4-5-10(11)12/h4-7H,1-3H3,(H,13,14). The highest BCUT2D eigenvalue weighted by Crippen LogP contribution is 2.27. The maximum absolute atomic E-state index is 10.7. The third-order valence-corrected chi connectivity index (χ3v) is 2.62. The number of non-ortho nitro benzene ring substituents is 1. The molecule has 6 heteroatoms. The minimum absolute atomic E-state index is 0.0491. The van der Waals surface area contributed by atoms with Crippen molar-refractivity contribution >= 4 is 33.1 Å². The van der Waals surface area contributed by atoms with Crippen LogP contribution < -0.4 is 5.32 Å². The summed E-state index contributed by atoms with van der Waals surface area (Å²) in [7, 11) is 0. The minimum atomic E-state index is -0.424. The Bertz CT molecular complexity index is 458. The van der Waals surface area contributed by atoms with Gasteiger partial charge in [0.15, 0.2) is 0 Å². The summed E-state index contributed by atoms with van der Waals surface area (Å²) in [5, 5.41) is 13.7. The molecule has 0 amide bonds. The van der Waals surface area contributed by atoms with Crippen LogP contribution >= 0.6 is 15.9 Å². The van der Waals surface area contributed by atoms with Gasteiger partial charge in [0.1, 0.15) is 0 Å². The van der Waals surface area contributed by atoms with Crippen LogP contribution in [0.25, 0.3) is 0 Å². The van der Waals surface area contributed by atoms with Gasteiger partial charge in [0, 0.05) is 22.6 Å². The van der Waals surface area contributed by atoms with Crippen molar-refractivity contribution < 1.29 is 4.92 Å². The van der Waals surface area contributed by atoms with Crippen LogP contribution in [0, 0.1) is 10.1 Å². The topological polar surface area (TPSA) is 67.5 Å². The summed E-state index contributed by atoms with van der Waals surface area (Å²) in [5.41, 5.74) is 0.689. The molecule has 0 fully saturated rings. The van der Waals surface area contributed by atoms with Crippen molar-refractivity contribution in [3.8, 4) is 0 Å². The third-order valence-electron chi connectivity index (χ3n) is 1.93. The lowest BCUT2D eigenvalue weighted by molar-refractivity contribution is -0.384. The Labute approximate surface area is 108 Å². The van der Waals surface area contributed by atoms with E-state index in [4.69, 9.17) is 0 Å². The molecule has 0 heterocycles. The van der Waals surface area contributed by atoms with Gasteiger partial charge in [0.2, 0.25) is 0 Å². The number of nitrogens with one attached hydrogen (secondary N) is 1. The minimum Gasteiger partial charge on any atom is -0.343 e. The first-order chi connectivity index (χ1) is 7.90. The van der Waals surface area contributed by atoms with Crippen molar-refractivity contribution in [1.29, 1.82) is 0 Å². The van der Waals surface area contributed by atoms with Crippen molar-refractivity contribution in [3.05, 3.63) is 32.8 Å². The van der Waals surface area contributed by atoms with E-state index >= 15 is 0 Å². The lowest BCUT2D eigenvalue weighted by atomic mass is 10.3. The SMILES string of the molecule is CC(=NC(C)C)Nc1cc([N+](=O)[O-])ccc1Br. The van der Waals surface area contributed by atoms with Crippen molar-refractivity contribution in [2.24, 2.45) is 4.99 Å². The lowest BCUT2D eigenvalue weighted by Gasteiger charge is -2.09. The predicted octanol–water partition coefficient (Wildman–Crippen LogP) is 3.60. The number of halogens is 1. The van der Waals surface area contributed by atoms with E-state index in [9.17, 15) is 10.1 Å². The van der Waals surface area contributed by atoms with Gasteiger partial charge in [-0.3, -0.25) is 15.1 Å². The summed E-state index contributed by atoms with van der Waals surface area (Å²) in [5.74, 6) is 0.723. The Morgan fingerprint density at radius 2 is 2.18 bits per heavy atom. The second-order valence-corrected chi connectivity index (χ2v) is 4.71. The molecule has 0 unspecified atom stereocenters. The van der Waals surface area contributed by atoms with Crippen LogP contribution in [0.5, 0.6) is 0 Å². The fraction of sp³-hybridized carbons (Fsp3) is 0.364. The van der Waals surface area contributed by atoms with Crippen LogP contribution in [0.15, 0.2) is 27.7 Å². The van der Waals surface area contributed by atoms with Crippen LogP contribution in [0.4, 0.5) is 11.4 Å². The molecule has 5 nitrogen and oxygen atoms in total. The molecular weight excluding hydrogens is 286 g/mol. The normalized spacial score (nSPS) is 11.7. The van der Waals surface area contributed by atoms with Crippen molar-refractivity contribution in [3.63, 3.8) is 0 Å². The fourth-order valence-corrected chi connectivity index (χ4v) is 1.68. The number of aliphatic imine (C=N–C) groups is 1. The quantitative estimate of drug-likeness (QED) is 0.401. The summed E-state index contributed by atoms with van der Waals surface area (Å²) in [4.78, 5) is 14.5. The van der Waals surface area contributed by atoms with Gasteiger partial charge in [-0.2, -0.15) is 0 Å². The number of hydrogen-bond acceptors (Lipinski definition) is 3. The Morgan fingerprint density at radius 3 is 2.71 bits per heavy atom. The van der Waals surface area contributed by atoms with Gasteiger partial charge in [0.25, 0.3) is 5.69 Å². The average molecular weight is 300 g/mol. The van der Waals surface area contributed by atoms with Crippen molar-refractivity contribution in [2.45, 2.75) is 26.8 Å². The summed E-state index contributed by atoms with van der Waals surface area (Å²) < 4.78 is 0.765. The molecule has 0 saturated carbocycles. The van der Waals surface area contributed by atoms with Gasteiger partial charge in [-0.1, -0.05) is 0 Å². The molecule has 0 aliphatic carbocycles. The Balaban J connectivity index is 2.97. The summed E-state index contributed by atoms with van der Waals surface area (Å²) in [6.45, 7) is 5.76. The molecule has 0 aromatic heterocycles. The highest BCUT2D eigenvalue weighted by molar-refractivity contribution is 9.10. The number of benzene rings is 1. The maximum atomic E-state index is 10.7. The van der Waals surface area contributed by atoms with Crippen LogP contribution in [-0.2, 0) is 0 Å². The van der Waals surface area contributed by atoms with E-state index in [-0.39, 0.29) is 11.7 Å². The van der Waals surface area contributed by atoms with Gasteiger partial charge in [-0.05, 0) is 42.8 Å². The first-order valence-electron chi connectivity index (χ1n) is 5.15. The van der Waals surface area contributed by atoms with Gasteiger partial charge in [-0.25, -0.2) is 0 Å². The van der Waals surface area contributed by atoms with Crippen molar-refractivity contribution in [1.82, 2.24) is 0 Å². The molecule has 0 aliphatic rings. The van der Waals surface area contributed by atoms with E-state index < -0.39 is 4.92 Å². The smallest absolute Gasteiger partial charge is 0.271 e. The van der Waals surface area contributed by atoms with E-state index in [1.54, 1.807) is 6.07 Å². The number of nitro benzene ring substituents is 1. The molecule has 0 bridgehead atoms. The molecule has 0 aliphatic heterocycles. The largest absolute Gasteiger partial charge is 0.343 e. The van der Waals surface area contributed by atoms with Crippen LogP contribution in [0.2, 0.25) is 0 Å². The zero-order valence-electron chi connectivity index (χ0n) is 9.90. The number of nitro groups is 1. The first-order valence-corrected chi connectivity index (χ1v) is 5.95. The number of hydrogen-bond donors (Lipinski definition) is 1. The summed E-state index contributed by atoms with van der Waals surface area (Å²) >= 11 is 3.33. The van der Waals surface area contributed by atoms with Crippen LogP contribution in [-0.4, -0.2) is 16.8 Å². The highest BCUT2D eigenvalue weighted by atomic mass is 79.9. The first kappa shape index (κ1) is 13.6. The molecule has 0 saturated heterocycles. The highest BCUT2D eigenvalue weighted by Gasteiger charge is 2.09. The Kier molecular flexibility index (Phi) is 4.62. The van der Waals surface area contributed by atoms with Gasteiger partial charge in [-0.15, -0.1) is 0 Å². The molecule has 92 valence electrons. The molecule has 0 atom stereocenters. The van der Waals surface area contributed by atoms with E-state index in [2.05, 4.69) is 26.2 Å². The van der Waals surface area contributed by atoms with Gasteiger partial charge < -0.3 is 5.32 Å². The zero-order chi connectivity index (χ0) is 13.0. The molecule has 1 aromatic rings. The third kappa shape index (κ3) is 4.14.